The molecule has 0 bridgehead atoms. The first-order valence-corrected chi connectivity index (χ1v) is 6.06. The van der Waals surface area contributed by atoms with Gasteiger partial charge in [-0.05, 0) is 54.9 Å². The molecule has 1 rings (SSSR count). The molecule has 0 spiro atoms. The summed E-state index contributed by atoms with van der Waals surface area (Å²) in [7, 11) is 0. The summed E-state index contributed by atoms with van der Waals surface area (Å²) >= 11 is 6.67. The molecule has 0 fully saturated rings. The minimum Gasteiger partial charge on any atom is -0.425 e. The lowest BCUT2D eigenvalue weighted by atomic mass is 9.97. The van der Waals surface area contributed by atoms with Crippen molar-refractivity contribution in [1.29, 1.82) is 0 Å². The normalized spacial score (nSPS) is 11.3. The van der Waals surface area contributed by atoms with Crippen LogP contribution >= 0.6 is 31.9 Å². The van der Waals surface area contributed by atoms with Gasteiger partial charge in [-0.3, -0.25) is 4.79 Å². The maximum Gasteiger partial charge on any atom is 0.316 e. The molecular weight excluding hydrogens is 324 g/mol. The molecule has 0 aliphatic carbocycles. The van der Waals surface area contributed by atoms with Gasteiger partial charge in [0.15, 0.2) is 0 Å². The van der Waals surface area contributed by atoms with Crippen molar-refractivity contribution in [1.82, 2.24) is 0 Å². The fraction of sp³-hybridized carbons (Fsp3) is 0.364. The van der Waals surface area contributed by atoms with Gasteiger partial charge in [0.2, 0.25) is 0 Å². The molecule has 82 valence electrons. The van der Waals surface area contributed by atoms with Gasteiger partial charge in [0.05, 0.1) is 9.89 Å². The molecule has 0 radical (unpaired) electrons. The highest BCUT2D eigenvalue weighted by Crippen LogP contribution is 2.29. The van der Waals surface area contributed by atoms with Crippen LogP contribution in [-0.2, 0) is 4.79 Å². The third-order valence-corrected chi connectivity index (χ3v) is 2.82. The van der Waals surface area contributed by atoms with Crippen LogP contribution in [0, 0.1) is 5.41 Å². The predicted molar refractivity (Wildman–Crippen MR) is 66.9 cm³/mol. The van der Waals surface area contributed by atoms with Crippen molar-refractivity contribution in [2.45, 2.75) is 20.8 Å². The lowest BCUT2D eigenvalue weighted by molar-refractivity contribution is -0.143. The fourth-order valence-corrected chi connectivity index (χ4v) is 1.94. The molecule has 2 nitrogen and oxygen atoms in total. The average Bonchev–Trinajstić information content (AvgIpc) is 2.08. The van der Waals surface area contributed by atoms with E-state index in [9.17, 15) is 4.79 Å². The zero-order chi connectivity index (χ0) is 11.6. The highest BCUT2D eigenvalue weighted by atomic mass is 79.9. The average molecular weight is 336 g/mol. The molecule has 0 heterocycles. The van der Waals surface area contributed by atoms with Crippen molar-refractivity contribution in [3.63, 3.8) is 0 Å². The summed E-state index contributed by atoms with van der Waals surface area (Å²) in [5.41, 5.74) is -0.494. The molecule has 0 N–H and O–H groups in total. The molecule has 0 saturated carbocycles. The molecular formula is C11H12Br2O2. The predicted octanol–water partition coefficient (Wildman–Crippen LogP) is 4.16. The maximum atomic E-state index is 11.6. The molecule has 0 aliphatic rings. The Morgan fingerprint density at radius 1 is 1.27 bits per heavy atom. The largest absolute Gasteiger partial charge is 0.425 e. The third kappa shape index (κ3) is 3.61. The van der Waals surface area contributed by atoms with Gasteiger partial charge in [-0.25, -0.2) is 0 Å². The van der Waals surface area contributed by atoms with Crippen LogP contribution in [0.2, 0.25) is 0 Å². The lowest BCUT2D eigenvalue weighted by Gasteiger charge is -2.16. The van der Waals surface area contributed by atoms with Gasteiger partial charge in [0, 0.05) is 4.47 Å². The van der Waals surface area contributed by atoms with Crippen molar-refractivity contribution in [3.05, 3.63) is 27.1 Å². The zero-order valence-electron chi connectivity index (χ0n) is 8.80. The van der Waals surface area contributed by atoms with E-state index in [4.69, 9.17) is 4.74 Å². The lowest BCUT2D eigenvalue weighted by Crippen LogP contribution is -2.25. The van der Waals surface area contributed by atoms with Gasteiger partial charge >= 0.3 is 5.97 Å². The molecule has 0 aromatic heterocycles. The topological polar surface area (TPSA) is 26.3 Å². The van der Waals surface area contributed by atoms with Crippen LogP contribution in [0.5, 0.6) is 5.75 Å². The number of esters is 1. The Morgan fingerprint density at radius 3 is 2.33 bits per heavy atom. The Hall–Kier alpha value is -0.350. The molecule has 0 saturated heterocycles. The first-order chi connectivity index (χ1) is 6.80. The Morgan fingerprint density at radius 2 is 1.87 bits per heavy atom. The second-order valence-electron chi connectivity index (χ2n) is 4.21. The summed E-state index contributed by atoms with van der Waals surface area (Å²) in [6.45, 7) is 5.46. The van der Waals surface area contributed by atoms with Crippen LogP contribution in [0.25, 0.3) is 0 Å². The maximum absolute atomic E-state index is 11.6. The molecule has 1 aromatic rings. The van der Waals surface area contributed by atoms with Crippen LogP contribution in [0.3, 0.4) is 0 Å². The fourth-order valence-electron chi connectivity index (χ4n) is 0.811. The summed E-state index contributed by atoms with van der Waals surface area (Å²) in [4.78, 5) is 11.6. The molecule has 0 unspecified atom stereocenters. The molecule has 1 aromatic carbocycles. The van der Waals surface area contributed by atoms with E-state index >= 15 is 0 Å². The molecule has 0 amide bonds. The van der Waals surface area contributed by atoms with Crippen LogP contribution in [0.1, 0.15) is 20.8 Å². The van der Waals surface area contributed by atoms with E-state index in [0.717, 1.165) is 8.95 Å². The summed E-state index contributed by atoms with van der Waals surface area (Å²) in [6.07, 6.45) is 0. The van der Waals surface area contributed by atoms with E-state index in [0.29, 0.717) is 5.75 Å². The number of rotatable bonds is 1. The van der Waals surface area contributed by atoms with Crippen molar-refractivity contribution >= 4 is 37.8 Å². The number of benzene rings is 1. The molecule has 0 atom stereocenters. The Kier molecular flexibility index (Phi) is 3.95. The van der Waals surface area contributed by atoms with E-state index in [1.54, 1.807) is 6.07 Å². The first-order valence-electron chi connectivity index (χ1n) is 4.48. The van der Waals surface area contributed by atoms with Gasteiger partial charge in [-0.15, -0.1) is 0 Å². The first kappa shape index (κ1) is 12.7. The molecule has 15 heavy (non-hydrogen) atoms. The quantitative estimate of drug-likeness (QED) is 0.569. The molecule has 4 heteroatoms. The number of halogens is 2. The van der Waals surface area contributed by atoms with Crippen molar-refractivity contribution < 1.29 is 9.53 Å². The highest BCUT2D eigenvalue weighted by molar-refractivity contribution is 9.11. The van der Waals surface area contributed by atoms with Crippen molar-refractivity contribution in [3.8, 4) is 5.75 Å². The molecule has 0 aliphatic heterocycles. The second kappa shape index (κ2) is 4.66. The standard InChI is InChI=1S/C11H12Br2O2/c1-11(2,3)10(14)15-9-5-4-7(12)6-8(9)13/h4-6H,1-3H3. The Labute approximate surface area is 106 Å². The Bertz CT molecular complexity index is 381. The van der Waals surface area contributed by atoms with E-state index in [2.05, 4.69) is 31.9 Å². The van der Waals surface area contributed by atoms with E-state index < -0.39 is 5.41 Å². The van der Waals surface area contributed by atoms with Crippen LogP contribution in [0.4, 0.5) is 0 Å². The summed E-state index contributed by atoms with van der Waals surface area (Å²) in [6, 6.07) is 5.42. The smallest absolute Gasteiger partial charge is 0.316 e. The monoisotopic (exact) mass is 334 g/mol. The van der Waals surface area contributed by atoms with Gasteiger partial charge < -0.3 is 4.74 Å². The highest BCUT2D eigenvalue weighted by Gasteiger charge is 2.24. The van der Waals surface area contributed by atoms with Gasteiger partial charge in [-0.2, -0.15) is 0 Å². The van der Waals surface area contributed by atoms with E-state index in [-0.39, 0.29) is 5.97 Å². The van der Waals surface area contributed by atoms with Gasteiger partial charge in [0.25, 0.3) is 0 Å². The second-order valence-corrected chi connectivity index (χ2v) is 5.98. The van der Waals surface area contributed by atoms with Crippen molar-refractivity contribution in [2.24, 2.45) is 5.41 Å². The van der Waals surface area contributed by atoms with E-state index in [1.165, 1.54) is 0 Å². The number of hydrogen-bond donors (Lipinski definition) is 0. The van der Waals surface area contributed by atoms with Crippen LogP contribution < -0.4 is 4.74 Å². The number of carbonyl (C=O) groups excluding carboxylic acids is 1. The van der Waals surface area contributed by atoms with E-state index in [1.807, 2.05) is 32.9 Å². The summed E-state index contributed by atoms with van der Waals surface area (Å²) < 4.78 is 6.95. The third-order valence-electron chi connectivity index (χ3n) is 1.71. The minimum absolute atomic E-state index is 0.245. The van der Waals surface area contributed by atoms with Crippen LogP contribution in [0.15, 0.2) is 27.1 Å². The zero-order valence-corrected chi connectivity index (χ0v) is 12.0. The van der Waals surface area contributed by atoms with Gasteiger partial charge in [-0.1, -0.05) is 15.9 Å². The minimum atomic E-state index is -0.494. The number of hydrogen-bond acceptors (Lipinski definition) is 2. The van der Waals surface area contributed by atoms with Crippen LogP contribution in [-0.4, -0.2) is 5.97 Å². The SMILES string of the molecule is CC(C)(C)C(=O)Oc1ccc(Br)cc1Br. The Balaban J connectivity index is 2.87. The van der Waals surface area contributed by atoms with Crippen molar-refractivity contribution in [2.75, 3.05) is 0 Å². The summed E-state index contributed by atoms with van der Waals surface area (Å²) in [5.74, 6) is 0.295. The van der Waals surface area contributed by atoms with Gasteiger partial charge in [0.1, 0.15) is 5.75 Å². The summed E-state index contributed by atoms with van der Waals surface area (Å²) in [5, 5.41) is 0. The number of ether oxygens (including phenoxy) is 1. The number of carbonyl (C=O) groups is 1.